The fourth-order valence-electron chi connectivity index (χ4n) is 1.78. The summed E-state index contributed by atoms with van der Waals surface area (Å²) < 4.78 is 0. The van der Waals surface area contributed by atoms with Crippen LogP contribution < -0.4 is 0 Å². The fourth-order valence-corrected chi connectivity index (χ4v) is 2.89. The second kappa shape index (κ2) is 6.99. The number of hydrogen-bond acceptors (Lipinski definition) is 3. The Labute approximate surface area is 128 Å². The maximum Gasteiger partial charge on any atom is 0.329 e. The van der Waals surface area contributed by atoms with E-state index in [4.69, 9.17) is 11.6 Å². The van der Waals surface area contributed by atoms with Crippen molar-refractivity contribution in [1.29, 1.82) is 0 Å². The highest BCUT2D eigenvalue weighted by atomic mass is 35.5. The third-order valence-electron chi connectivity index (χ3n) is 3.00. The number of carbonyl (C=O) groups is 2. The van der Waals surface area contributed by atoms with Gasteiger partial charge in [-0.2, -0.15) is 0 Å². The Balaban J connectivity index is 2.75. The molecular weight excluding hydrogens is 298 g/mol. The van der Waals surface area contributed by atoms with Gasteiger partial charge in [0, 0.05) is 11.4 Å². The summed E-state index contributed by atoms with van der Waals surface area (Å²) in [6, 6.07) is 7.25. The summed E-state index contributed by atoms with van der Waals surface area (Å²) >= 11 is 7.33. The Morgan fingerprint density at radius 1 is 1.35 bits per heavy atom. The summed E-state index contributed by atoms with van der Waals surface area (Å²) in [4.78, 5) is 25.6. The minimum atomic E-state index is -1.22. The Hall–Kier alpha value is -1.20. The molecule has 0 spiro atoms. The molecule has 4 nitrogen and oxygen atoms in total. The zero-order valence-electron chi connectivity index (χ0n) is 11.7. The highest BCUT2D eigenvalue weighted by Gasteiger charge is 2.36. The van der Waals surface area contributed by atoms with Gasteiger partial charge in [-0.3, -0.25) is 4.79 Å². The molecule has 1 amide bonds. The van der Waals surface area contributed by atoms with Crippen LogP contribution in [0.1, 0.15) is 20.8 Å². The highest BCUT2D eigenvalue weighted by Crippen LogP contribution is 2.27. The second-order valence-electron chi connectivity index (χ2n) is 4.72. The van der Waals surface area contributed by atoms with E-state index >= 15 is 0 Å². The molecule has 0 aliphatic heterocycles. The minimum absolute atomic E-state index is 0.161. The van der Waals surface area contributed by atoms with Crippen molar-refractivity contribution in [3.05, 3.63) is 29.3 Å². The first-order chi connectivity index (χ1) is 9.30. The van der Waals surface area contributed by atoms with E-state index in [1.165, 1.54) is 30.5 Å². The van der Waals surface area contributed by atoms with Gasteiger partial charge in [0.25, 0.3) is 0 Å². The Morgan fingerprint density at radius 3 is 2.45 bits per heavy atom. The van der Waals surface area contributed by atoms with Crippen molar-refractivity contribution in [2.75, 3.05) is 12.3 Å². The molecule has 0 fully saturated rings. The van der Waals surface area contributed by atoms with Crippen LogP contribution in [0.2, 0.25) is 5.02 Å². The molecule has 0 saturated carbocycles. The van der Waals surface area contributed by atoms with Gasteiger partial charge < -0.3 is 10.0 Å². The molecule has 0 unspecified atom stereocenters. The van der Waals surface area contributed by atoms with Crippen LogP contribution in [-0.2, 0) is 9.59 Å². The van der Waals surface area contributed by atoms with Crippen LogP contribution in [0.25, 0.3) is 0 Å². The van der Waals surface area contributed by atoms with Gasteiger partial charge in [0.1, 0.15) is 5.54 Å². The molecule has 1 aromatic rings. The largest absolute Gasteiger partial charge is 0.480 e. The molecule has 1 aromatic carbocycles. The lowest BCUT2D eigenvalue weighted by atomic mass is 10.0. The van der Waals surface area contributed by atoms with Crippen LogP contribution in [0.15, 0.2) is 29.2 Å². The Kier molecular flexibility index (Phi) is 5.89. The van der Waals surface area contributed by atoms with Crippen molar-refractivity contribution in [1.82, 2.24) is 4.90 Å². The summed E-state index contributed by atoms with van der Waals surface area (Å²) in [5, 5.41) is 9.79. The molecule has 0 aliphatic rings. The van der Waals surface area contributed by atoms with Crippen molar-refractivity contribution in [2.24, 2.45) is 0 Å². The van der Waals surface area contributed by atoms with Crippen LogP contribution in [0.4, 0.5) is 0 Å². The Morgan fingerprint density at radius 2 is 1.95 bits per heavy atom. The first kappa shape index (κ1) is 16.9. The first-order valence-corrected chi connectivity index (χ1v) is 7.58. The number of rotatable bonds is 6. The van der Waals surface area contributed by atoms with E-state index in [1.807, 2.05) is 18.2 Å². The summed E-state index contributed by atoms with van der Waals surface area (Å²) in [7, 11) is 0. The number of likely N-dealkylation sites (N-methyl/N-ethyl adjacent to an activating group) is 1. The number of amides is 1. The molecule has 6 heteroatoms. The molecule has 110 valence electrons. The fraction of sp³-hybridized carbons (Fsp3) is 0.429. The number of carboxylic acid groups (broad SMARTS) is 1. The Bertz CT molecular complexity index is 505. The zero-order valence-corrected chi connectivity index (χ0v) is 13.3. The summed E-state index contributed by atoms with van der Waals surface area (Å²) in [6.07, 6.45) is 0. The van der Waals surface area contributed by atoms with E-state index in [0.29, 0.717) is 11.6 Å². The normalized spacial score (nSPS) is 11.2. The van der Waals surface area contributed by atoms with Crippen LogP contribution in [0.5, 0.6) is 0 Å². The molecule has 0 heterocycles. The van der Waals surface area contributed by atoms with Crippen LogP contribution in [-0.4, -0.2) is 39.7 Å². The molecule has 20 heavy (non-hydrogen) atoms. The third-order valence-corrected chi connectivity index (χ3v) is 4.50. The van der Waals surface area contributed by atoms with Gasteiger partial charge >= 0.3 is 5.97 Å². The third kappa shape index (κ3) is 3.90. The van der Waals surface area contributed by atoms with Gasteiger partial charge in [0.15, 0.2) is 0 Å². The van der Waals surface area contributed by atoms with Crippen molar-refractivity contribution in [3.63, 3.8) is 0 Å². The van der Waals surface area contributed by atoms with Gasteiger partial charge in [-0.15, -0.1) is 11.8 Å². The standard InChI is InChI=1S/C14H18ClNO3S/c1-4-16(14(2,3)13(18)19)12(17)9-20-11-8-6-5-7-10(11)15/h5-8H,4,9H2,1-3H3,(H,18,19). The van der Waals surface area contributed by atoms with Crippen molar-refractivity contribution in [2.45, 2.75) is 31.2 Å². The molecule has 1 N–H and O–H groups in total. The number of carbonyl (C=O) groups excluding carboxylic acids is 1. The molecule has 0 bridgehead atoms. The number of aliphatic carboxylic acids is 1. The SMILES string of the molecule is CCN(C(=O)CSc1ccccc1Cl)C(C)(C)C(=O)O. The van der Waals surface area contributed by atoms with Gasteiger partial charge in [0.05, 0.1) is 10.8 Å². The number of halogens is 1. The summed E-state index contributed by atoms with van der Waals surface area (Å²) in [6.45, 7) is 5.16. The topological polar surface area (TPSA) is 57.6 Å². The molecule has 1 rings (SSSR count). The maximum absolute atomic E-state index is 12.2. The van der Waals surface area contributed by atoms with Gasteiger partial charge in [0.2, 0.25) is 5.91 Å². The van der Waals surface area contributed by atoms with Crippen LogP contribution in [0.3, 0.4) is 0 Å². The quantitative estimate of drug-likeness (QED) is 0.819. The van der Waals surface area contributed by atoms with E-state index in [9.17, 15) is 14.7 Å². The van der Waals surface area contributed by atoms with Crippen LogP contribution in [0, 0.1) is 0 Å². The van der Waals surface area contributed by atoms with E-state index < -0.39 is 11.5 Å². The van der Waals surface area contributed by atoms with E-state index in [2.05, 4.69) is 0 Å². The van der Waals surface area contributed by atoms with Gasteiger partial charge in [-0.05, 0) is 32.9 Å². The average molecular weight is 316 g/mol. The molecule has 0 aliphatic carbocycles. The number of nitrogens with zero attached hydrogens (tertiary/aromatic N) is 1. The predicted molar refractivity (Wildman–Crippen MR) is 81.3 cm³/mol. The molecule has 0 aromatic heterocycles. The van der Waals surface area contributed by atoms with Crippen molar-refractivity contribution < 1.29 is 14.7 Å². The molecule has 0 atom stereocenters. The predicted octanol–water partition coefficient (Wildman–Crippen LogP) is 3.14. The number of benzene rings is 1. The maximum atomic E-state index is 12.2. The van der Waals surface area contributed by atoms with E-state index in [-0.39, 0.29) is 11.7 Å². The first-order valence-electron chi connectivity index (χ1n) is 6.22. The van der Waals surface area contributed by atoms with E-state index in [0.717, 1.165) is 4.90 Å². The number of hydrogen-bond donors (Lipinski definition) is 1. The lowest BCUT2D eigenvalue weighted by Gasteiger charge is -2.34. The highest BCUT2D eigenvalue weighted by molar-refractivity contribution is 8.00. The van der Waals surface area contributed by atoms with Crippen molar-refractivity contribution in [3.8, 4) is 0 Å². The summed E-state index contributed by atoms with van der Waals surface area (Å²) in [5.74, 6) is -1.07. The average Bonchev–Trinajstić information content (AvgIpc) is 2.38. The molecular formula is C14H18ClNO3S. The monoisotopic (exact) mass is 315 g/mol. The number of thioether (sulfide) groups is 1. The molecule has 0 saturated heterocycles. The van der Waals surface area contributed by atoms with Gasteiger partial charge in [-0.25, -0.2) is 4.79 Å². The van der Waals surface area contributed by atoms with Crippen LogP contribution >= 0.6 is 23.4 Å². The van der Waals surface area contributed by atoms with E-state index in [1.54, 1.807) is 13.0 Å². The smallest absolute Gasteiger partial charge is 0.329 e. The zero-order chi connectivity index (χ0) is 15.3. The second-order valence-corrected chi connectivity index (χ2v) is 6.15. The lowest BCUT2D eigenvalue weighted by Crippen LogP contribution is -2.53. The minimum Gasteiger partial charge on any atom is -0.480 e. The van der Waals surface area contributed by atoms with Gasteiger partial charge in [-0.1, -0.05) is 23.7 Å². The lowest BCUT2D eigenvalue weighted by molar-refractivity contribution is -0.155. The van der Waals surface area contributed by atoms with Crippen molar-refractivity contribution >= 4 is 35.2 Å². The number of carboxylic acids is 1. The molecule has 0 radical (unpaired) electrons. The summed E-state index contributed by atoms with van der Waals surface area (Å²) in [5.41, 5.74) is -1.22.